The van der Waals surface area contributed by atoms with Crippen molar-refractivity contribution in [2.75, 3.05) is 0 Å². The molecule has 0 fully saturated rings. The average Bonchev–Trinajstić information content (AvgIpc) is 2.65. The number of aromatic nitrogens is 2. The van der Waals surface area contributed by atoms with Gasteiger partial charge in [0.15, 0.2) is 0 Å². The SMILES string of the molecule is Cc1nn(C)c(Cl)c1CNCc1cccc([N+](=O)[O-])c1. The third kappa shape index (κ3) is 3.15. The van der Waals surface area contributed by atoms with Crippen molar-refractivity contribution in [3.05, 3.63) is 56.4 Å². The van der Waals surface area contributed by atoms with Crippen LogP contribution >= 0.6 is 11.6 Å². The molecule has 7 heteroatoms. The van der Waals surface area contributed by atoms with Crippen LogP contribution in [0.15, 0.2) is 24.3 Å². The molecule has 2 rings (SSSR count). The first-order chi connectivity index (χ1) is 9.49. The van der Waals surface area contributed by atoms with Crippen molar-refractivity contribution < 1.29 is 4.92 Å². The van der Waals surface area contributed by atoms with Crippen molar-refractivity contribution in [3.8, 4) is 0 Å². The summed E-state index contributed by atoms with van der Waals surface area (Å²) in [7, 11) is 1.79. The van der Waals surface area contributed by atoms with E-state index in [9.17, 15) is 10.1 Å². The van der Waals surface area contributed by atoms with Gasteiger partial charge in [-0.05, 0) is 12.5 Å². The number of rotatable bonds is 5. The lowest BCUT2D eigenvalue weighted by Crippen LogP contribution is -2.13. The summed E-state index contributed by atoms with van der Waals surface area (Å²) >= 11 is 6.13. The Labute approximate surface area is 121 Å². The number of nitro benzene ring substituents is 1. The number of halogens is 1. The molecule has 20 heavy (non-hydrogen) atoms. The van der Waals surface area contributed by atoms with Gasteiger partial charge in [0.05, 0.1) is 10.6 Å². The van der Waals surface area contributed by atoms with E-state index in [1.807, 2.05) is 13.0 Å². The van der Waals surface area contributed by atoms with E-state index in [-0.39, 0.29) is 5.69 Å². The lowest BCUT2D eigenvalue weighted by atomic mass is 10.2. The number of non-ortho nitro benzene ring substituents is 1. The Morgan fingerprint density at radius 3 is 2.80 bits per heavy atom. The van der Waals surface area contributed by atoms with Crippen LogP contribution in [0.1, 0.15) is 16.8 Å². The fourth-order valence-electron chi connectivity index (χ4n) is 1.99. The van der Waals surface area contributed by atoms with Gasteiger partial charge < -0.3 is 5.32 Å². The van der Waals surface area contributed by atoms with E-state index in [0.29, 0.717) is 18.2 Å². The Balaban J connectivity index is 1.99. The smallest absolute Gasteiger partial charge is 0.269 e. The molecule has 2 aromatic rings. The molecule has 1 heterocycles. The Hall–Kier alpha value is -1.92. The summed E-state index contributed by atoms with van der Waals surface area (Å²) in [6.45, 7) is 3.00. The summed E-state index contributed by atoms with van der Waals surface area (Å²) in [6.07, 6.45) is 0. The van der Waals surface area contributed by atoms with Crippen molar-refractivity contribution in [1.82, 2.24) is 15.1 Å². The van der Waals surface area contributed by atoms with Gasteiger partial charge in [-0.25, -0.2) is 0 Å². The maximum Gasteiger partial charge on any atom is 0.269 e. The Kier molecular flexibility index (Phi) is 4.36. The van der Waals surface area contributed by atoms with E-state index in [1.165, 1.54) is 6.07 Å². The molecule has 1 aromatic heterocycles. The number of hydrogen-bond donors (Lipinski definition) is 1. The van der Waals surface area contributed by atoms with Crippen LogP contribution in [0.25, 0.3) is 0 Å². The fourth-order valence-corrected chi connectivity index (χ4v) is 2.23. The number of nitrogens with one attached hydrogen (secondary N) is 1. The molecule has 0 aliphatic rings. The van der Waals surface area contributed by atoms with E-state index in [2.05, 4.69) is 10.4 Å². The largest absolute Gasteiger partial charge is 0.308 e. The molecule has 0 aliphatic carbocycles. The van der Waals surface area contributed by atoms with Gasteiger partial charge in [-0.2, -0.15) is 5.10 Å². The van der Waals surface area contributed by atoms with Crippen LogP contribution in [0.4, 0.5) is 5.69 Å². The van der Waals surface area contributed by atoms with Crippen molar-refractivity contribution in [2.24, 2.45) is 7.05 Å². The van der Waals surface area contributed by atoms with Crippen LogP contribution in [0.3, 0.4) is 0 Å². The van der Waals surface area contributed by atoms with E-state index in [1.54, 1.807) is 23.9 Å². The maximum atomic E-state index is 10.7. The van der Waals surface area contributed by atoms with Crippen LogP contribution in [0.2, 0.25) is 5.15 Å². The molecule has 6 nitrogen and oxygen atoms in total. The molecular formula is C13H15ClN4O2. The second kappa shape index (κ2) is 6.02. The van der Waals surface area contributed by atoms with Gasteiger partial charge in [-0.3, -0.25) is 14.8 Å². The molecule has 0 saturated carbocycles. The summed E-state index contributed by atoms with van der Waals surface area (Å²) in [6, 6.07) is 6.56. The molecule has 0 aliphatic heterocycles. The Morgan fingerprint density at radius 2 is 2.20 bits per heavy atom. The quantitative estimate of drug-likeness (QED) is 0.679. The van der Waals surface area contributed by atoms with Gasteiger partial charge in [0.1, 0.15) is 5.15 Å². The number of aryl methyl sites for hydroxylation is 2. The first-order valence-corrected chi connectivity index (χ1v) is 6.49. The monoisotopic (exact) mass is 294 g/mol. The molecule has 1 aromatic carbocycles. The number of nitro groups is 1. The first-order valence-electron chi connectivity index (χ1n) is 6.11. The minimum atomic E-state index is -0.397. The molecule has 0 bridgehead atoms. The normalized spacial score (nSPS) is 10.8. The third-order valence-electron chi connectivity index (χ3n) is 3.02. The van der Waals surface area contributed by atoms with Crippen molar-refractivity contribution >= 4 is 17.3 Å². The standard InChI is InChI=1S/C13H15ClN4O2/c1-9-12(13(14)17(2)16-9)8-15-7-10-4-3-5-11(6-10)18(19)20/h3-6,15H,7-8H2,1-2H3. The molecule has 0 unspecified atom stereocenters. The second-order valence-electron chi connectivity index (χ2n) is 4.51. The highest BCUT2D eigenvalue weighted by atomic mass is 35.5. The van der Waals surface area contributed by atoms with Crippen LogP contribution < -0.4 is 5.32 Å². The highest BCUT2D eigenvalue weighted by molar-refractivity contribution is 6.30. The molecule has 106 valence electrons. The summed E-state index contributed by atoms with van der Waals surface area (Å²) in [5.41, 5.74) is 2.78. The lowest BCUT2D eigenvalue weighted by molar-refractivity contribution is -0.384. The number of nitrogens with zero attached hydrogens (tertiary/aromatic N) is 3. The zero-order valence-electron chi connectivity index (χ0n) is 11.3. The highest BCUT2D eigenvalue weighted by Gasteiger charge is 2.11. The zero-order chi connectivity index (χ0) is 14.7. The first kappa shape index (κ1) is 14.5. The zero-order valence-corrected chi connectivity index (χ0v) is 12.0. The topological polar surface area (TPSA) is 73.0 Å². The van der Waals surface area contributed by atoms with E-state index in [4.69, 9.17) is 11.6 Å². The van der Waals surface area contributed by atoms with E-state index in [0.717, 1.165) is 16.8 Å². The fraction of sp³-hybridized carbons (Fsp3) is 0.308. The molecule has 0 atom stereocenters. The lowest BCUT2D eigenvalue weighted by Gasteiger charge is -2.05. The van der Waals surface area contributed by atoms with Crippen LogP contribution in [0, 0.1) is 17.0 Å². The van der Waals surface area contributed by atoms with Gasteiger partial charge >= 0.3 is 0 Å². The van der Waals surface area contributed by atoms with Gasteiger partial charge in [0, 0.05) is 37.8 Å². The minimum Gasteiger partial charge on any atom is -0.308 e. The molecule has 0 saturated heterocycles. The van der Waals surface area contributed by atoms with Crippen LogP contribution in [-0.2, 0) is 20.1 Å². The Morgan fingerprint density at radius 1 is 1.45 bits per heavy atom. The van der Waals surface area contributed by atoms with Crippen molar-refractivity contribution in [2.45, 2.75) is 20.0 Å². The minimum absolute atomic E-state index is 0.0971. The molecule has 0 spiro atoms. The molecular weight excluding hydrogens is 280 g/mol. The van der Waals surface area contributed by atoms with Gasteiger partial charge in [0.2, 0.25) is 0 Å². The highest BCUT2D eigenvalue weighted by Crippen LogP contribution is 2.18. The molecule has 1 N–H and O–H groups in total. The summed E-state index contributed by atoms with van der Waals surface area (Å²) in [5.74, 6) is 0. The predicted octanol–water partition coefficient (Wildman–Crippen LogP) is 2.58. The molecule has 0 amide bonds. The summed E-state index contributed by atoms with van der Waals surface area (Å²) < 4.78 is 1.63. The number of hydrogen-bond acceptors (Lipinski definition) is 4. The van der Waals surface area contributed by atoms with Gasteiger partial charge in [-0.15, -0.1) is 0 Å². The van der Waals surface area contributed by atoms with E-state index >= 15 is 0 Å². The Bertz CT molecular complexity index is 639. The molecule has 0 radical (unpaired) electrons. The maximum absolute atomic E-state index is 10.7. The van der Waals surface area contributed by atoms with Crippen LogP contribution in [-0.4, -0.2) is 14.7 Å². The predicted molar refractivity (Wildman–Crippen MR) is 76.6 cm³/mol. The van der Waals surface area contributed by atoms with Crippen molar-refractivity contribution in [3.63, 3.8) is 0 Å². The van der Waals surface area contributed by atoms with Gasteiger partial charge in [0.25, 0.3) is 5.69 Å². The van der Waals surface area contributed by atoms with Crippen molar-refractivity contribution in [1.29, 1.82) is 0 Å². The van der Waals surface area contributed by atoms with Gasteiger partial charge in [-0.1, -0.05) is 23.7 Å². The average molecular weight is 295 g/mol. The third-order valence-corrected chi connectivity index (χ3v) is 3.49. The second-order valence-corrected chi connectivity index (χ2v) is 4.87. The number of benzene rings is 1. The summed E-state index contributed by atoms with van der Waals surface area (Å²) in [4.78, 5) is 10.3. The van der Waals surface area contributed by atoms with Crippen LogP contribution in [0.5, 0.6) is 0 Å². The summed E-state index contributed by atoms with van der Waals surface area (Å²) in [5, 5.41) is 18.8. The van der Waals surface area contributed by atoms with E-state index < -0.39 is 4.92 Å².